The Hall–Kier alpha value is -2.17. The number of carbonyl (C=O) groups excluding carboxylic acids is 2. The lowest BCUT2D eigenvalue weighted by Crippen LogP contribution is -2.50. The lowest BCUT2D eigenvalue weighted by Gasteiger charge is -2.35. The molecule has 0 unspecified atom stereocenters. The highest BCUT2D eigenvalue weighted by atomic mass is 32.2. The molecule has 0 atom stereocenters. The van der Waals surface area contributed by atoms with Crippen LogP contribution < -0.4 is 5.32 Å². The number of ether oxygens (including phenoxy) is 1. The molecule has 2 aliphatic heterocycles. The molecule has 0 bridgehead atoms. The van der Waals surface area contributed by atoms with Crippen molar-refractivity contribution >= 4 is 22.0 Å². The first kappa shape index (κ1) is 26.4. The van der Waals surface area contributed by atoms with Gasteiger partial charge in [-0.25, -0.2) is 13.2 Å². The van der Waals surface area contributed by atoms with Crippen LogP contribution in [0.4, 0.5) is 4.79 Å². The second-order valence-electron chi connectivity index (χ2n) is 9.88. The zero-order chi connectivity index (χ0) is 24.8. The summed E-state index contributed by atoms with van der Waals surface area (Å²) in [6.07, 6.45) is 3.18. The number of carbonyl (C=O) groups is 2. The van der Waals surface area contributed by atoms with Gasteiger partial charge in [0.05, 0.1) is 10.5 Å². The van der Waals surface area contributed by atoms with E-state index < -0.39 is 15.6 Å². The van der Waals surface area contributed by atoms with E-state index in [4.69, 9.17) is 4.74 Å². The van der Waals surface area contributed by atoms with Gasteiger partial charge in [-0.2, -0.15) is 4.31 Å². The summed E-state index contributed by atoms with van der Waals surface area (Å²) in [5, 5.41) is 2.87. The number of nitrogens with zero attached hydrogens (tertiary/aromatic N) is 3. The predicted octanol–water partition coefficient (Wildman–Crippen LogP) is 2.53. The number of piperazine rings is 1. The van der Waals surface area contributed by atoms with E-state index in [2.05, 4.69) is 10.2 Å². The van der Waals surface area contributed by atoms with Crippen molar-refractivity contribution in [3.8, 4) is 0 Å². The molecule has 2 aliphatic rings. The lowest BCUT2D eigenvalue weighted by atomic mass is 10.2. The Kier molecular flexibility index (Phi) is 8.95. The van der Waals surface area contributed by atoms with Crippen molar-refractivity contribution in [3.05, 3.63) is 29.8 Å². The van der Waals surface area contributed by atoms with Gasteiger partial charge in [-0.3, -0.25) is 9.69 Å². The van der Waals surface area contributed by atoms with Gasteiger partial charge >= 0.3 is 6.09 Å². The van der Waals surface area contributed by atoms with Crippen LogP contribution in [-0.4, -0.2) is 92.5 Å². The molecule has 0 spiro atoms. The Bertz CT molecular complexity index is 946. The van der Waals surface area contributed by atoms with Crippen LogP contribution in [0, 0.1) is 0 Å². The van der Waals surface area contributed by atoms with Crippen LogP contribution in [0.15, 0.2) is 29.2 Å². The average Bonchev–Trinajstić information content (AvgIpc) is 2.81. The van der Waals surface area contributed by atoms with Crippen molar-refractivity contribution < 1.29 is 22.7 Å². The predicted molar refractivity (Wildman–Crippen MR) is 130 cm³/mol. The molecular weight excluding hydrogens is 456 g/mol. The van der Waals surface area contributed by atoms with Crippen molar-refractivity contribution in [2.75, 3.05) is 52.4 Å². The minimum absolute atomic E-state index is 0.0765. The minimum Gasteiger partial charge on any atom is -0.444 e. The van der Waals surface area contributed by atoms with Gasteiger partial charge in [0.1, 0.15) is 5.60 Å². The van der Waals surface area contributed by atoms with Crippen LogP contribution in [0.5, 0.6) is 0 Å². The van der Waals surface area contributed by atoms with E-state index in [9.17, 15) is 18.0 Å². The zero-order valence-corrected chi connectivity index (χ0v) is 21.4. The molecule has 2 heterocycles. The van der Waals surface area contributed by atoms with Gasteiger partial charge in [0.2, 0.25) is 10.0 Å². The summed E-state index contributed by atoms with van der Waals surface area (Å²) in [6.45, 7) is 10.5. The third kappa shape index (κ3) is 7.16. The molecule has 190 valence electrons. The number of hydrogen-bond donors (Lipinski definition) is 1. The summed E-state index contributed by atoms with van der Waals surface area (Å²) in [6, 6.07) is 6.43. The van der Waals surface area contributed by atoms with Crippen molar-refractivity contribution in [3.63, 3.8) is 0 Å². The highest BCUT2D eigenvalue weighted by Gasteiger charge is 2.30. The summed E-state index contributed by atoms with van der Waals surface area (Å²) < 4.78 is 33.1. The molecular formula is C24H38N4O5S. The number of hydrogen-bond acceptors (Lipinski definition) is 6. The van der Waals surface area contributed by atoms with E-state index in [1.54, 1.807) is 23.1 Å². The highest BCUT2D eigenvalue weighted by molar-refractivity contribution is 7.89. The Morgan fingerprint density at radius 2 is 1.62 bits per heavy atom. The standard InChI is InChI=1S/C24H38N4O5S/c1-24(2,3)33-23(30)27-18-16-26(17-19-27)13-9-12-25-22(29)20-10-5-6-11-21(20)34(31,32)28-14-7-4-8-15-28/h5-6,10-11H,4,7-9,12-19H2,1-3H3,(H,25,29). The normalized spacial score (nSPS) is 18.5. The van der Waals surface area contributed by atoms with Gasteiger partial charge in [0.25, 0.3) is 5.91 Å². The molecule has 1 aromatic rings. The fraction of sp³-hybridized carbons (Fsp3) is 0.667. The monoisotopic (exact) mass is 494 g/mol. The molecule has 2 saturated heterocycles. The van der Waals surface area contributed by atoms with Crippen molar-refractivity contribution in [1.29, 1.82) is 0 Å². The molecule has 2 fully saturated rings. The average molecular weight is 495 g/mol. The van der Waals surface area contributed by atoms with Gasteiger partial charge in [0.15, 0.2) is 0 Å². The van der Waals surface area contributed by atoms with Crippen molar-refractivity contribution in [2.24, 2.45) is 0 Å². The Morgan fingerprint density at radius 3 is 2.26 bits per heavy atom. The number of sulfonamides is 1. The van der Waals surface area contributed by atoms with Gasteiger partial charge in [-0.1, -0.05) is 18.6 Å². The van der Waals surface area contributed by atoms with Crippen LogP contribution in [0.2, 0.25) is 0 Å². The summed E-state index contributed by atoms with van der Waals surface area (Å²) in [5.41, 5.74) is -0.308. The fourth-order valence-corrected chi connectivity index (χ4v) is 5.91. The molecule has 0 aliphatic carbocycles. The minimum atomic E-state index is -3.69. The largest absolute Gasteiger partial charge is 0.444 e. The molecule has 34 heavy (non-hydrogen) atoms. The highest BCUT2D eigenvalue weighted by Crippen LogP contribution is 2.23. The first-order valence-corrected chi connectivity index (χ1v) is 13.6. The van der Waals surface area contributed by atoms with Crippen LogP contribution in [0.3, 0.4) is 0 Å². The third-order valence-electron chi connectivity index (χ3n) is 6.03. The fourth-order valence-electron chi connectivity index (χ4n) is 4.20. The van der Waals surface area contributed by atoms with Crippen LogP contribution >= 0.6 is 0 Å². The van der Waals surface area contributed by atoms with Crippen LogP contribution in [-0.2, 0) is 14.8 Å². The van der Waals surface area contributed by atoms with E-state index in [-0.39, 0.29) is 22.5 Å². The van der Waals surface area contributed by atoms with E-state index >= 15 is 0 Å². The van der Waals surface area contributed by atoms with Gasteiger partial charge in [0, 0.05) is 45.8 Å². The lowest BCUT2D eigenvalue weighted by molar-refractivity contribution is 0.0144. The van der Waals surface area contributed by atoms with E-state index in [0.29, 0.717) is 32.7 Å². The van der Waals surface area contributed by atoms with E-state index in [1.165, 1.54) is 10.4 Å². The van der Waals surface area contributed by atoms with Crippen molar-refractivity contribution in [1.82, 2.24) is 19.4 Å². The number of rotatable bonds is 7. The van der Waals surface area contributed by atoms with E-state index in [1.807, 2.05) is 20.8 Å². The number of benzene rings is 1. The zero-order valence-electron chi connectivity index (χ0n) is 20.6. The molecule has 0 aromatic heterocycles. The van der Waals surface area contributed by atoms with Gasteiger partial charge in [-0.05, 0) is 58.7 Å². The Morgan fingerprint density at radius 1 is 0.971 bits per heavy atom. The van der Waals surface area contributed by atoms with Crippen LogP contribution in [0.1, 0.15) is 56.8 Å². The first-order valence-electron chi connectivity index (χ1n) is 12.2. The Labute approximate surface area is 203 Å². The molecule has 2 amide bonds. The summed E-state index contributed by atoms with van der Waals surface area (Å²) in [7, 11) is -3.69. The summed E-state index contributed by atoms with van der Waals surface area (Å²) in [4.78, 5) is 29.0. The first-order chi connectivity index (χ1) is 16.1. The Balaban J connectivity index is 1.45. The third-order valence-corrected chi connectivity index (χ3v) is 7.98. The summed E-state index contributed by atoms with van der Waals surface area (Å²) in [5.74, 6) is -0.370. The SMILES string of the molecule is CC(C)(C)OC(=O)N1CCN(CCCNC(=O)c2ccccc2S(=O)(=O)N2CCCCC2)CC1. The molecule has 0 radical (unpaired) electrons. The number of piperidine rings is 1. The quantitative estimate of drug-likeness (QED) is 0.585. The molecule has 3 rings (SSSR count). The number of nitrogens with one attached hydrogen (secondary N) is 1. The second kappa shape index (κ2) is 11.5. The van der Waals surface area contributed by atoms with Crippen LogP contribution in [0.25, 0.3) is 0 Å². The van der Waals surface area contributed by atoms with Gasteiger partial charge < -0.3 is 15.0 Å². The molecule has 0 saturated carbocycles. The molecule has 1 N–H and O–H groups in total. The van der Waals surface area contributed by atoms with Crippen molar-refractivity contribution in [2.45, 2.75) is 57.0 Å². The maximum Gasteiger partial charge on any atom is 0.410 e. The molecule has 9 nitrogen and oxygen atoms in total. The topological polar surface area (TPSA) is 99.3 Å². The maximum atomic E-state index is 13.1. The summed E-state index contributed by atoms with van der Waals surface area (Å²) >= 11 is 0. The van der Waals surface area contributed by atoms with E-state index in [0.717, 1.165) is 45.3 Å². The smallest absolute Gasteiger partial charge is 0.410 e. The maximum absolute atomic E-state index is 13.1. The van der Waals surface area contributed by atoms with Gasteiger partial charge in [-0.15, -0.1) is 0 Å². The number of amides is 2. The second-order valence-corrected chi connectivity index (χ2v) is 11.8. The molecule has 1 aromatic carbocycles. The molecule has 10 heteroatoms.